The largest absolute Gasteiger partial charge is 0.524 e. The molecule has 2 rings (SSSR count). The number of aryl methyl sites for hydroxylation is 1. The average molecular weight is 356 g/mol. The van der Waals surface area contributed by atoms with Crippen LogP contribution in [0, 0.1) is 0 Å². The summed E-state index contributed by atoms with van der Waals surface area (Å²) >= 11 is 0. The molecule has 0 heterocycles. The number of aromatic hydroxyl groups is 2. The molecule has 0 amide bonds. The van der Waals surface area contributed by atoms with Gasteiger partial charge in [-0.3, -0.25) is 9.79 Å². The van der Waals surface area contributed by atoms with Crippen molar-refractivity contribution in [2.45, 2.75) is 18.6 Å². The summed E-state index contributed by atoms with van der Waals surface area (Å²) in [6.45, 7) is 0. The third kappa shape index (κ3) is 4.95. The Morgan fingerprint density at radius 1 is 1.00 bits per heavy atom. The Morgan fingerprint density at radius 3 is 2.29 bits per heavy atom. The summed E-state index contributed by atoms with van der Waals surface area (Å²) in [4.78, 5) is 17.8. The molecule has 2 aromatic rings. The minimum atomic E-state index is -4.92. The highest BCUT2D eigenvalue weighted by atomic mass is 31.2. The minimum absolute atomic E-state index is 0.0249. The van der Waals surface area contributed by atoms with Crippen LogP contribution in [0.5, 0.6) is 17.2 Å². The van der Waals surface area contributed by atoms with E-state index in [0.717, 1.165) is 18.2 Å². The van der Waals surface area contributed by atoms with Gasteiger partial charge in [0.05, 0.1) is 5.56 Å². The van der Waals surface area contributed by atoms with Gasteiger partial charge in [0.1, 0.15) is 17.2 Å². The van der Waals surface area contributed by atoms with Crippen molar-refractivity contribution in [3.05, 3.63) is 53.6 Å². The van der Waals surface area contributed by atoms with E-state index >= 15 is 0 Å². The molecule has 0 unspecified atom stereocenters. The van der Waals surface area contributed by atoms with Gasteiger partial charge in [-0.25, -0.2) is 4.57 Å². The Bertz CT molecular complexity index is 768. The SMILES string of the molecule is O=P(O)(O)Oc1ccc(O)cc1C(O)(O)CCc1cccc(O)c1. The molecule has 0 aromatic heterocycles. The summed E-state index contributed by atoms with van der Waals surface area (Å²) in [5, 5.41) is 39.5. The van der Waals surface area contributed by atoms with Crippen LogP contribution in [0.3, 0.4) is 0 Å². The smallest absolute Gasteiger partial charge is 0.508 e. The molecule has 6 N–H and O–H groups in total. The van der Waals surface area contributed by atoms with E-state index in [2.05, 4.69) is 4.52 Å². The number of hydrogen-bond donors (Lipinski definition) is 6. The fourth-order valence-corrected chi connectivity index (χ4v) is 2.62. The second kappa shape index (κ2) is 6.80. The number of rotatable bonds is 6. The van der Waals surface area contributed by atoms with Crippen molar-refractivity contribution in [3.63, 3.8) is 0 Å². The van der Waals surface area contributed by atoms with E-state index in [0.29, 0.717) is 5.56 Å². The lowest BCUT2D eigenvalue weighted by Crippen LogP contribution is -2.26. The van der Waals surface area contributed by atoms with Crippen molar-refractivity contribution in [2.24, 2.45) is 0 Å². The molecule has 0 spiro atoms. The maximum atomic E-state index is 11.0. The maximum Gasteiger partial charge on any atom is 0.524 e. The molecule has 0 saturated heterocycles. The van der Waals surface area contributed by atoms with Crippen molar-refractivity contribution in [1.29, 1.82) is 0 Å². The van der Waals surface area contributed by atoms with Crippen molar-refractivity contribution >= 4 is 7.82 Å². The molecule has 0 atom stereocenters. The Kier molecular flexibility index (Phi) is 5.17. The lowest BCUT2D eigenvalue weighted by molar-refractivity contribution is -0.174. The van der Waals surface area contributed by atoms with Gasteiger partial charge >= 0.3 is 7.82 Å². The number of phosphoric ester groups is 1. The Labute approximate surface area is 137 Å². The van der Waals surface area contributed by atoms with E-state index < -0.39 is 19.4 Å². The van der Waals surface area contributed by atoms with Gasteiger partial charge in [0.25, 0.3) is 0 Å². The van der Waals surface area contributed by atoms with E-state index in [1.54, 1.807) is 12.1 Å². The first-order chi connectivity index (χ1) is 11.1. The molecule has 0 aliphatic heterocycles. The molecule has 2 aromatic carbocycles. The van der Waals surface area contributed by atoms with Crippen molar-refractivity contribution in [2.75, 3.05) is 0 Å². The van der Waals surface area contributed by atoms with E-state index in [1.807, 2.05) is 0 Å². The fourth-order valence-electron chi connectivity index (χ4n) is 2.20. The van der Waals surface area contributed by atoms with E-state index in [9.17, 15) is 25.0 Å². The average Bonchev–Trinajstić information content (AvgIpc) is 2.46. The van der Waals surface area contributed by atoms with Crippen LogP contribution in [-0.4, -0.2) is 30.2 Å². The molecule has 0 fully saturated rings. The Hall–Kier alpha value is -2.09. The molecule has 0 bridgehead atoms. The molecule has 24 heavy (non-hydrogen) atoms. The van der Waals surface area contributed by atoms with Gasteiger partial charge in [0, 0.05) is 6.42 Å². The number of benzene rings is 2. The van der Waals surface area contributed by atoms with Crippen LogP contribution in [0.2, 0.25) is 0 Å². The third-order valence-electron chi connectivity index (χ3n) is 3.28. The predicted octanol–water partition coefficient (Wildman–Crippen LogP) is 1.34. The number of aliphatic hydroxyl groups is 2. The van der Waals surface area contributed by atoms with Gasteiger partial charge in [-0.1, -0.05) is 12.1 Å². The fraction of sp³-hybridized carbons (Fsp3) is 0.200. The van der Waals surface area contributed by atoms with E-state index in [-0.39, 0.29) is 29.9 Å². The van der Waals surface area contributed by atoms with Gasteiger partial charge in [-0.2, -0.15) is 0 Å². The zero-order chi connectivity index (χ0) is 18.0. The van der Waals surface area contributed by atoms with E-state index in [4.69, 9.17) is 9.79 Å². The summed E-state index contributed by atoms with van der Waals surface area (Å²) in [5.74, 6) is -3.28. The summed E-state index contributed by atoms with van der Waals surface area (Å²) in [5.41, 5.74) is 0.242. The molecular weight excluding hydrogens is 339 g/mol. The lowest BCUT2D eigenvalue weighted by atomic mass is 9.97. The first kappa shape index (κ1) is 18.3. The quantitative estimate of drug-likeness (QED) is 0.336. The Balaban J connectivity index is 2.27. The van der Waals surface area contributed by atoms with Gasteiger partial charge in [-0.15, -0.1) is 0 Å². The standard InChI is InChI=1S/C15H17O8P/c16-11-3-1-2-10(8-11)6-7-15(18,19)13-9-12(17)4-5-14(13)23-24(20,21)22/h1-5,8-9,16-19H,6-7H2,(H2,20,21,22). The Morgan fingerprint density at radius 2 is 1.67 bits per heavy atom. The monoisotopic (exact) mass is 356 g/mol. The molecule has 0 saturated carbocycles. The van der Waals surface area contributed by atoms with Crippen LogP contribution in [-0.2, 0) is 16.8 Å². The molecule has 0 radical (unpaired) electrons. The van der Waals surface area contributed by atoms with Gasteiger partial charge in [0.2, 0.25) is 0 Å². The number of hydrogen-bond acceptors (Lipinski definition) is 6. The van der Waals surface area contributed by atoms with Crippen LogP contribution in [0.4, 0.5) is 0 Å². The number of phosphoric acid groups is 1. The van der Waals surface area contributed by atoms with Crippen molar-refractivity contribution in [3.8, 4) is 17.2 Å². The molecule has 0 aliphatic carbocycles. The predicted molar refractivity (Wildman–Crippen MR) is 83.3 cm³/mol. The topological polar surface area (TPSA) is 148 Å². The first-order valence-electron chi connectivity index (χ1n) is 6.88. The minimum Gasteiger partial charge on any atom is -0.508 e. The van der Waals surface area contributed by atoms with Crippen molar-refractivity contribution < 1.29 is 39.3 Å². The summed E-state index contributed by atoms with van der Waals surface area (Å²) in [7, 11) is -4.92. The van der Waals surface area contributed by atoms with Crippen molar-refractivity contribution in [1.82, 2.24) is 0 Å². The van der Waals surface area contributed by atoms with Gasteiger partial charge in [0.15, 0.2) is 5.79 Å². The molecular formula is C15H17O8P. The van der Waals surface area contributed by atoms with Gasteiger partial charge in [-0.05, 0) is 42.3 Å². The van der Waals surface area contributed by atoms with Crippen LogP contribution in [0.1, 0.15) is 17.5 Å². The van der Waals surface area contributed by atoms with Crippen LogP contribution < -0.4 is 4.52 Å². The lowest BCUT2D eigenvalue weighted by Gasteiger charge is -2.25. The van der Waals surface area contributed by atoms with E-state index in [1.165, 1.54) is 12.1 Å². The van der Waals surface area contributed by atoms with Crippen LogP contribution in [0.15, 0.2) is 42.5 Å². The second-order valence-electron chi connectivity index (χ2n) is 5.25. The first-order valence-corrected chi connectivity index (χ1v) is 8.41. The third-order valence-corrected chi connectivity index (χ3v) is 3.72. The zero-order valence-corrected chi connectivity index (χ0v) is 13.3. The maximum absolute atomic E-state index is 11.0. The molecule has 9 heteroatoms. The normalized spacial score (nSPS) is 12.2. The second-order valence-corrected chi connectivity index (χ2v) is 6.41. The molecule has 130 valence electrons. The zero-order valence-electron chi connectivity index (χ0n) is 12.4. The molecule has 0 aliphatic rings. The van der Waals surface area contributed by atoms with Crippen LogP contribution in [0.25, 0.3) is 0 Å². The number of phenolic OH excluding ortho intramolecular Hbond substituents is 2. The molecule has 8 nitrogen and oxygen atoms in total. The highest BCUT2D eigenvalue weighted by Gasteiger charge is 2.32. The van der Waals surface area contributed by atoms with Crippen LogP contribution >= 0.6 is 7.82 Å². The van der Waals surface area contributed by atoms with Gasteiger partial charge < -0.3 is 24.9 Å². The summed E-state index contributed by atoms with van der Waals surface area (Å²) in [6.07, 6.45) is -0.121. The number of phenols is 2. The summed E-state index contributed by atoms with van der Waals surface area (Å²) in [6, 6.07) is 9.26. The highest BCUT2D eigenvalue weighted by Crippen LogP contribution is 2.43. The summed E-state index contributed by atoms with van der Waals surface area (Å²) < 4.78 is 15.4. The highest BCUT2D eigenvalue weighted by molar-refractivity contribution is 7.46.